The van der Waals surface area contributed by atoms with E-state index < -0.39 is 0 Å². The molecule has 1 atom stereocenters. The van der Waals surface area contributed by atoms with Crippen LogP contribution < -0.4 is 0 Å². The Bertz CT molecular complexity index is 407. The fourth-order valence-corrected chi connectivity index (χ4v) is 2.64. The maximum absolute atomic E-state index is 10.5. The number of carbonyl (C=O) groups excluding carboxylic acids is 1. The van der Waals surface area contributed by atoms with Crippen LogP contribution >= 0.6 is 0 Å². The zero-order chi connectivity index (χ0) is 15.3. The van der Waals surface area contributed by atoms with Gasteiger partial charge in [0.25, 0.3) is 0 Å². The standard InChI is InChI=1S/C19H29NO/c1-17(2)10-5-3-8-14-19(20-16-21)15-9-13-18-11-6-4-7-12-18/h4,6-7,11-12,17,19H,3,5,8-10,13-15H2,1-2H3. The topological polar surface area (TPSA) is 29.4 Å². The summed E-state index contributed by atoms with van der Waals surface area (Å²) in [5.41, 5.74) is 1.36. The molecular formula is C19H29NO. The van der Waals surface area contributed by atoms with Gasteiger partial charge in [0.05, 0.1) is 6.04 Å². The van der Waals surface area contributed by atoms with Gasteiger partial charge in [-0.1, -0.05) is 69.9 Å². The molecule has 2 nitrogen and oxygen atoms in total. The average Bonchev–Trinajstić information content (AvgIpc) is 2.47. The molecular weight excluding hydrogens is 258 g/mol. The van der Waals surface area contributed by atoms with Crippen molar-refractivity contribution in [2.75, 3.05) is 0 Å². The Morgan fingerprint density at radius 2 is 1.62 bits per heavy atom. The monoisotopic (exact) mass is 287 g/mol. The summed E-state index contributed by atoms with van der Waals surface area (Å²) in [5, 5.41) is 0. The quantitative estimate of drug-likeness (QED) is 0.308. The average molecular weight is 287 g/mol. The molecule has 0 saturated carbocycles. The molecule has 1 rings (SSSR count). The summed E-state index contributed by atoms with van der Waals surface area (Å²) in [7, 11) is 0. The zero-order valence-corrected chi connectivity index (χ0v) is 13.6. The molecule has 0 saturated heterocycles. The number of benzene rings is 1. The SMILES string of the molecule is CC(C)CCCCCC(CCCc1ccccc1)N=C=O. The molecule has 1 unspecified atom stereocenters. The number of hydrogen-bond acceptors (Lipinski definition) is 2. The van der Waals surface area contributed by atoms with Crippen molar-refractivity contribution in [3.63, 3.8) is 0 Å². The van der Waals surface area contributed by atoms with Gasteiger partial charge in [-0.3, -0.25) is 0 Å². The van der Waals surface area contributed by atoms with Gasteiger partial charge in [-0.15, -0.1) is 0 Å². The van der Waals surface area contributed by atoms with Crippen molar-refractivity contribution < 1.29 is 4.79 Å². The first-order chi connectivity index (χ1) is 10.2. The van der Waals surface area contributed by atoms with Gasteiger partial charge in [-0.25, -0.2) is 9.79 Å². The molecule has 2 heteroatoms. The van der Waals surface area contributed by atoms with Crippen molar-refractivity contribution in [2.45, 2.75) is 71.3 Å². The van der Waals surface area contributed by atoms with E-state index in [1.54, 1.807) is 6.08 Å². The van der Waals surface area contributed by atoms with Crippen LogP contribution in [0.1, 0.15) is 64.4 Å². The Morgan fingerprint density at radius 1 is 0.952 bits per heavy atom. The lowest BCUT2D eigenvalue weighted by Gasteiger charge is -2.11. The number of isocyanates is 1. The third-order valence-corrected chi connectivity index (χ3v) is 3.90. The molecule has 0 radical (unpaired) electrons. The number of rotatable bonds is 11. The Balaban J connectivity index is 2.19. The molecule has 0 aliphatic carbocycles. The van der Waals surface area contributed by atoms with Crippen LogP contribution in [0.5, 0.6) is 0 Å². The van der Waals surface area contributed by atoms with Crippen molar-refractivity contribution in [1.82, 2.24) is 0 Å². The number of nitrogens with zero attached hydrogens (tertiary/aromatic N) is 1. The fourth-order valence-electron chi connectivity index (χ4n) is 2.64. The molecule has 116 valence electrons. The van der Waals surface area contributed by atoms with E-state index in [1.165, 1.54) is 31.2 Å². The Morgan fingerprint density at radius 3 is 2.29 bits per heavy atom. The lowest BCUT2D eigenvalue weighted by molar-refractivity contribution is 0.478. The zero-order valence-electron chi connectivity index (χ0n) is 13.6. The molecule has 0 bridgehead atoms. The summed E-state index contributed by atoms with van der Waals surface area (Å²) in [5.74, 6) is 0.791. The van der Waals surface area contributed by atoms with Gasteiger partial charge in [0.2, 0.25) is 6.08 Å². The molecule has 0 aliphatic heterocycles. The fraction of sp³-hybridized carbons (Fsp3) is 0.632. The van der Waals surface area contributed by atoms with Crippen LogP contribution in [0.25, 0.3) is 0 Å². The lowest BCUT2D eigenvalue weighted by atomic mass is 9.99. The van der Waals surface area contributed by atoms with Crippen molar-refractivity contribution >= 4 is 6.08 Å². The molecule has 0 aliphatic rings. The van der Waals surface area contributed by atoms with Crippen LogP contribution in [0, 0.1) is 5.92 Å². The molecule has 0 N–H and O–H groups in total. The summed E-state index contributed by atoms with van der Waals surface area (Å²) in [6, 6.07) is 10.7. The highest BCUT2D eigenvalue weighted by Crippen LogP contribution is 2.16. The van der Waals surface area contributed by atoms with Gasteiger partial charge in [0.1, 0.15) is 0 Å². The van der Waals surface area contributed by atoms with E-state index in [4.69, 9.17) is 0 Å². The largest absolute Gasteiger partial charge is 0.235 e. The van der Waals surface area contributed by atoms with E-state index in [2.05, 4.69) is 43.1 Å². The normalized spacial score (nSPS) is 12.1. The van der Waals surface area contributed by atoms with Crippen LogP contribution in [-0.4, -0.2) is 12.1 Å². The Labute approximate surface area is 129 Å². The molecule has 0 aromatic heterocycles. The van der Waals surface area contributed by atoms with E-state index in [0.717, 1.165) is 31.6 Å². The third kappa shape index (κ3) is 9.20. The van der Waals surface area contributed by atoms with E-state index in [0.29, 0.717) is 0 Å². The molecule has 0 spiro atoms. The summed E-state index contributed by atoms with van der Waals surface area (Å²) in [4.78, 5) is 14.5. The highest BCUT2D eigenvalue weighted by molar-refractivity contribution is 5.33. The summed E-state index contributed by atoms with van der Waals surface area (Å²) in [6.07, 6.45) is 11.0. The van der Waals surface area contributed by atoms with Crippen molar-refractivity contribution in [2.24, 2.45) is 10.9 Å². The van der Waals surface area contributed by atoms with Gasteiger partial charge in [0.15, 0.2) is 0 Å². The Kier molecular flexibility index (Phi) is 9.48. The van der Waals surface area contributed by atoms with Gasteiger partial charge < -0.3 is 0 Å². The van der Waals surface area contributed by atoms with E-state index >= 15 is 0 Å². The highest BCUT2D eigenvalue weighted by Gasteiger charge is 2.07. The second kappa shape index (κ2) is 11.3. The highest BCUT2D eigenvalue weighted by atomic mass is 16.1. The van der Waals surface area contributed by atoms with Crippen molar-refractivity contribution in [3.05, 3.63) is 35.9 Å². The van der Waals surface area contributed by atoms with Crippen LogP contribution in [0.3, 0.4) is 0 Å². The summed E-state index contributed by atoms with van der Waals surface area (Å²) in [6.45, 7) is 4.53. The minimum atomic E-state index is 0.172. The second-order valence-electron chi connectivity index (χ2n) is 6.28. The van der Waals surface area contributed by atoms with Gasteiger partial charge in [-0.2, -0.15) is 0 Å². The number of aryl methyl sites for hydroxylation is 1. The maximum atomic E-state index is 10.5. The maximum Gasteiger partial charge on any atom is 0.235 e. The lowest BCUT2D eigenvalue weighted by Crippen LogP contribution is -2.05. The smallest absolute Gasteiger partial charge is 0.211 e. The first-order valence-electron chi connectivity index (χ1n) is 8.33. The van der Waals surface area contributed by atoms with E-state index in [9.17, 15) is 4.79 Å². The van der Waals surface area contributed by atoms with Crippen LogP contribution in [0.2, 0.25) is 0 Å². The van der Waals surface area contributed by atoms with Crippen molar-refractivity contribution in [1.29, 1.82) is 0 Å². The molecule has 21 heavy (non-hydrogen) atoms. The minimum absolute atomic E-state index is 0.172. The van der Waals surface area contributed by atoms with Gasteiger partial charge >= 0.3 is 0 Å². The number of hydrogen-bond donors (Lipinski definition) is 0. The Hall–Kier alpha value is -1.40. The predicted molar refractivity (Wildman–Crippen MR) is 89.2 cm³/mol. The summed E-state index contributed by atoms with van der Waals surface area (Å²) < 4.78 is 0. The van der Waals surface area contributed by atoms with Gasteiger partial charge in [0, 0.05) is 0 Å². The van der Waals surface area contributed by atoms with Crippen LogP contribution in [0.15, 0.2) is 35.3 Å². The van der Waals surface area contributed by atoms with E-state index in [-0.39, 0.29) is 6.04 Å². The second-order valence-corrected chi connectivity index (χ2v) is 6.28. The minimum Gasteiger partial charge on any atom is -0.211 e. The third-order valence-electron chi connectivity index (χ3n) is 3.90. The predicted octanol–water partition coefficient (Wildman–Crippen LogP) is 5.32. The molecule has 0 fully saturated rings. The molecule has 0 amide bonds. The first-order valence-corrected chi connectivity index (χ1v) is 8.33. The number of aliphatic imine (C=N–C) groups is 1. The molecule has 1 aromatic carbocycles. The van der Waals surface area contributed by atoms with Gasteiger partial charge in [-0.05, 0) is 37.2 Å². The first kappa shape index (κ1) is 17.7. The van der Waals surface area contributed by atoms with Crippen LogP contribution in [0.4, 0.5) is 0 Å². The van der Waals surface area contributed by atoms with E-state index in [1.807, 2.05) is 6.07 Å². The number of unbranched alkanes of at least 4 members (excludes halogenated alkanes) is 2. The molecule has 1 aromatic rings. The van der Waals surface area contributed by atoms with Crippen molar-refractivity contribution in [3.8, 4) is 0 Å². The summed E-state index contributed by atoms with van der Waals surface area (Å²) >= 11 is 0. The van der Waals surface area contributed by atoms with Crippen LogP contribution in [-0.2, 0) is 11.2 Å². The molecule has 0 heterocycles.